The molecule has 3 nitrogen and oxygen atoms in total. The molecule has 1 amide bonds. The third-order valence-electron chi connectivity index (χ3n) is 4.30. The van der Waals surface area contributed by atoms with Crippen LogP contribution in [-0.4, -0.2) is 18.5 Å². The minimum Gasteiger partial charge on any atom is -0.325 e. The van der Waals surface area contributed by atoms with Crippen molar-refractivity contribution in [1.82, 2.24) is 5.32 Å². The van der Waals surface area contributed by atoms with Gasteiger partial charge in [-0.3, -0.25) is 4.79 Å². The largest absolute Gasteiger partial charge is 0.325 e. The van der Waals surface area contributed by atoms with Crippen molar-refractivity contribution < 1.29 is 9.18 Å². The van der Waals surface area contributed by atoms with Crippen LogP contribution in [0.15, 0.2) is 24.3 Å². The Kier molecular flexibility index (Phi) is 6.18. The molecule has 0 heterocycles. The molecule has 1 aromatic rings. The SMILES string of the molecule is C[C@H](NCC(=O)Nc1cccc(F)c1)C1CCCCCC1. The standard InChI is InChI=1S/C17H25FN2O/c1-13(14-7-4-2-3-5-8-14)19-12-17(21)20-16-10-6-9-15(18)11-16/h6,9-11,13-14,19H,2-5,7-8,12H2,1H3,(H,20,21)/t13-/m0/s1. The minimum atomic E-state index is -0.340. The zero-order valence-electron chi connectivity index (χ0n) is 12.7. The van der Waals surface area contributed by atoms with Gasteiger partial charge in [0.1, 0.15) is 5.82 Å². The molecule has 0 spiro atoms. The van der Waals surface area contributed by atoms with Gasteiger partial charge >= 0.3 is 0 Å². The average molecular weight is 292 g/mol. The minimum absolute atomic E-state index is 0.124. The smallest absolute Gasteiger partial charge is 0.238 e. The first-order valence-electron chi connectivity index (χ1n) is 7.94. The van der Waals surface area contributed by atoms with Gasteiger partial charge in [-0.15, -0.1) is 0 Å². The van der Waals surface area contributed by atoms with E-state index in [0.717, 1.165) is 0 Å². The van der Waals surface area contributed by atoms with Gasteiger partial charge in [0.2, 0.25) is 5.91 Å². The Labute approximate surface area is 126 Å². The Morgan fingerprint density at radius 3 is 2.67 bits per heavy atom. The van der Waals surface area contributed by atoms with E-state index in [0.29, 0.717) is 17.6 Å². The first-order valence-corrected chi connectivity index (χ1v) is 7.94. The van der Waals surface area contributed by atoms with E-state index in [2.05, 4.69) is 17.6 Å². The number of hydrogen-bond donors (Lipinski definition) is 2. The zero-order chi connectivity index (χ0) is 15.1. The number of rotatable bonds is 5. The summed E-state index contributed by atoms with van der Waals surface area (Å²) in [6.07, 6.45) is 7.77. The summed E-state index contributed by atoms with van der Waals surface area (Å²) in [6, 6.07) is 6.32. The third-order valence-corrected chi connectivity index (χ3v) is 4.30. The fourth-order valence-electron chi connectivity index (χ4n) is 3.00. The summed E-state index contributed by atoms with van der Waals surface area (Å²) in [5.41, 5.74) is 0.504. The number of carbonyl (C=O) groups excluding carboxylic acids is 1. The summed E-state index contributed by atoms with van der Waals surface area (Å²) in [5, 5.41) is 6.02. The van der Waals surface area contributed by atoms with Crippen molar-refractivity contribution in [3.8, 4) is 0 Å². The van der Waals surface area contributed by atoms with E-state index in [1.54, 1.807) is 12.1 Å². The predicted octanol–water partition coefficient (Wildman–Crippen LogP) is 3.71. The molecular formula is C17H25FN2O. The molecule has 0 saturated heterocycles. The molecule has 1 saturated carbocycles. The molecule has 1 aromatic carbocycles. The number of hydrogen-bond acceptors (Lipinski definition) is 2. The molecule has 1 fully saturated rings. The number of halogens is 1. The number of anilines is 1. The van der Waals surface area contributed by atoms with Gasteiger partial charge in [0.25, 0.3) is 0 Å². The molecule has 1 atom stereocenters. The van der Waals surface area contributed by atoms with Crippen molar-refractivity contribution in [2.24, 2.45) is 5.92 Å². The van der Waals surface area contributed by atoms with E-state index in [1.165, 1.54) is 50.7 Å². The Balaban J connectivity index is 1.75. The lowest BCUT2D eigenvalue weighted by atomic mass is 9.93. The molecule has 0 aliphatic heterocycles. The first kappa shape index (κ1) is 16.0. The third kappa shape index (κ3) is 5.46. The van der Waals surface area contributed by atoms with Crippen molar-refractivity contribution in [2.45, 2.75) is 51.5 Å². The summed E-state index contributed by atoms with van der Waals surface area (Å²) in [4.78, 5) is 11.9. The maximum atomic E-state index is 13.0. The fraction of sp³-hybridized carbons (Fsp3) is 0.588. The summed E-state index contributed by atoms with van der Waals surface area (Å²) < 4.78 is 13.0. The molecule has 2 N–H and O–H groups in total. The van der Waals surface area contributed by atoms with Crippen molar-refractivity contribution in [3.63, 3.8) is 0 Å². The van der Waals surface area contributed by atoms with Gasteiger partial charge in [-0.25, -0.2) is 4.39 Å². The highest BCUT2D eigenvalue weighted by Crippen LogP contribution is 2.25. The molecule has 0 aromatic heterocycles. The van der Waals surface area contributed by atoms with Gasteiger partial charge in [0.05, 0.1) is 6.54 Å². The Bertz CT molecular complexity index is 456. The second-order valence-corrected chi connectivity index (χ2v) is 5.98. The van der Waals surface area contributed by atoms with Gasteiger partial charge in [-0.2, -0.15) is 0 Å². The highest BCUT2D eigenvalue weighted by atomic mass is 19.1. The molecule has 4 heteroatoms. The van der Waals surface area contributed by atoms with Crippen LogP contribution < -0.4 is 10.6 Å². The average Bonchev–Trinajstić information content (AvgIpc) is 2.74. The normalized spacial score (nSPS) is 18.0. The highest BCUT2D eigenvalue weighted by Gasteiger charge is 2.19. The van der Waals surface area contributed by atoms with Crippen LogP contribution in [0.1, 0.15) is 45.4 Å². The molecule has 1 aliphatic rings. The Morgan fingerprint density at radius 2 is 2.00 bits per heavy atom. The molecule has 0 radical (unpaired) electrons. The van der Waals surface area contributed by atoms with Crippen LogP contribution in [0.3, 0.4) is 0 Å². The van der Waals surface area contributed by atoms with Crippen molar-refractivity contribution in [3.05, 3.63) is 30.1 Å². The topological polar surface area (TPSA) is 41.1 Å². The van der Waals surface area contributed by atoms with Crippen molar-refractivity contribution in [2.75, 3.05) is 11.9 Å². The van der Waals surface area contributed by atoms with E-state index in [-0.39, 0.29) is 18.3 Å². The van der Waals surface area contributed by atoms with Crippen LogP contribution in [0.4, 0.5) is 10.1 Å². The first-order chi connectivity index (χ1) is 10.1. The second kappa shape index (κ2) is 8.13. The second-order valence-electron chi connectivity index (χ2n) is 5.98. The van der Waals surface area contributed by atoms with Gasteiger partial charge < -0.3 is 10.6 Å². The van der Waals surface area contributed by atoms with E-state index in [1.807, 2.05) is 0 Å². The van der Waals surface area contributed by atoms with Gasteiger partial charge in [0, 0.05) is 11.7 Å². The van der Waals surface area contributed by atoms with Crippen molar-refractivity contribution >= 4 is 11.6 Å². The zero-order valence-corrected chi connectivity index (χ0v) is 12.7. The summed E-state index contributed by atoms with van der Waals surface area (Å²) in [7, 11) is 0. The Hall–Kier alpha value is -1.42. The lowest BCUT2D eigenvalue weighted by Crippen LogP contribution is -2.38. The Morgan fingerprint density at radius 1 is 1.29 bits per heavy atom. The highest BCUT2D eigenvalue weighted by molar-refractivity contribution is 5.92. The van der Waals surface area contributed by atoms with Crippen LogP contribution >= 0.6 is 0 Å². The van der Waals surface area contributed by atoms with Crippen LogP contribution in [0.25, 0.3) is 0 Å². The van der Waals surface area contributed by atoms with Gasteiger partial charge in [-0.1, -0.05) is 31.7 Å². The number of benzene rings is 1. The molecule has 1 aliphatic carbocycles. The lowest BCUT2D eigenvalue weighted by Gasteiger charge is -2.23. The summed E-state index contributed by atoms with van der Waals surface area (Å²) in [5.74, 6) is 0.197. The molecule has 2 rings (SSSR count). The maximum absolute atomic E-state index is 13.0. The maximum Gasteiger partial charge on any atom is 0.238 e. The quantitative estimate of drug-likeness (QED) is 0.812. The van der Waals surface area contributed by atoms with Crippen LogP contribution in [-0.2, 0) is 4.79 Å². The molecule has 0 unspecified atom stereocenters. The number of carbonyl (C=O) groups is 1. The number of nitrogens with one attached hydrogen (secondary N) is 2. The molecule has 116 valence electrons. The van der Waals surface area contributed by atoms with Crippen LogP contribution in [0.5, 0.6) is 0 Å². The monoisotopic (exact) mass is 292 g/mol. The van der Waals surface area contributed by atoms with E-state index < -0.39 is 0 Å². The van der Waals surface area contributed by atoms with Crippen LogP contribution in [0.2, 0.25) is 0 Å². The lowest BCUT2D eigenvalue weighted by molar-refractivity contribution is -0.115. The van der Waals surface area contributed by atoms with Crippen LogP contribution in [0, 0.1) is 11.7 Å². The predicted molar refractivity (Wildman–Crippen MR) is 83.7 cm³/mol. The van der Waals surface area contributed by atoms with E-state index in [9.17, 15) is 9.18 Å². The van der Waals surface area contributed by atoms with E-state index in [4.69, 9.17) is 0 Å². The van der Waals surface area contributed by atoms with Crippen molar-refractivity contribution in [1.29, 1.82) is 0 Å². The fourth-order valence-corrected chi connectivity index (χ4v) is 3.00. The molecule has 21 heavy (non-hydrogen) atoms. The van der Waals surface area contributed by atoms with Gasteiger partial charge in [0.15, 0.2) is 0 Å². The molecule has 0 bridgehead atoms. The van der Waals surface area contributed by atoms with Gasteiger partial charge in [-0.05, 0) is 43.9 Å². The summed E-state index contributed by atoms with van der Waals surface area (Å²) in [6.45, 7) is 2.43. The number of amides is 1. The summed E-state index contributed by atoms with van der Waals surface area (Å²) >= 11 is 0. The molecular weight excluding hydrogens is 267 g/mol. The van der Waals surface area contributed by atoms with E-state index >= 15 is 0 Å².